The number of ether oxygens (including phenoxy) is 3. The number of rotatable bonds is 9. The molecule has 0 N–H and O–H groups in total. The molecule has 0 saturated heterocycles. The van der Waals surface area contributed by atoms with E-state index >= 15 is 0 Å². The van der Waals surface area contributed by atoms with Gasteiger partial charge >= 0.3 is 5.97 Å². The molecule has 1 amide bonds. The number of pyridine rings is 1. The Morgan fingerprint density at radius 3 is 2.45 bits per heavy atom. The number of hydrogen-bond donors (Lipinski definition) is 0. The van der Waals surface area contributed by atoms with Crippen LogP contribution >= 0.6 is 11.6 Å². The number of anilines is 1. The molecule has 1 aromatic heterocycles. The Morgan fingerprint density at radius 1 is 1.06 bits per heavy atom. The van der Waals surface area contributed by atoms with Crippen LogP contribution in [0.1, 0.15) is 24.2 Å². The first-order valence-electron chi connectivity index (χ1n) is 10.4. The van der Waals surface area contributed by atoms with Crippen LogP contribution in [0.3, 0.4) is 0 Å². The van der Waals surface area contributed by atoms with Gasteiger partial charge in [-0.1, -0.05) is 35.9 Å². The predicted molar refractivity (Wildman–Crippen MR) is 126 cm³/mol. The number of para-hydroxylation sites is 1. The lowest BCUT2D eigenvalue weighted by Gasteiger charge is -2.23. The van der Waals surface area contributed by atoms with E-state index in [0.717, 1.165) is 0 Å². The lowest BCUT2D eigenvalue weighted by Crippen LogP contribution is -2.37. The van der Waals surface area contributed by atoms with Crippen LogP contribution in [-0.4, -0.2) is 43.0 Å². The minimum absolute atomic E-state index is 0.0468. The SMILES string of the molecule is CCN(C(=O)c1c(OCOCCOC(C)=O)c2c(Cl)cccc2n(C)c1=O)c1ccccc1. The highest BCUT2D eigenvalue weighted by Crippen LogP contribution is 2.34. The van der Waals surface area contributed by atoms with Crippen LogP contribution < -0.4 is 15.2 Å². The number of halogens is 1. The van der Waals surface area contributed by atoms with Crippen molar-refractivity contribution in [2.75, 3.05) is 31.5 Å². The molecule has 0 aliphatic carbocycles. The maximum Gasteiger partial charge on any atom is 0.302 e. The number of aromatic nitrogens is 1. The van der Waals surface area contributed by atoms with Crippen LogP contribution in [0.25, 0.3) is 10.9 Å². The molecule has 0 spiro atoms. The molecular formula is C24H25ClN2O6. The Bertz CT molecular complexity index is 1210. The molecule has 2 aromatic carbocycles. The Balaban J connectivity index is 2.05. The number of benzene rings is 2. The van der Waals surface area contributed by atoms with Crippen LogP contribution in [0.5, 0.6) is 5.75 Å². The zero-order valence-corrected chi connectivity index (χ0v) is 19.4. The summed E-state index contributed by atoms with van der Waals surface area (Å²) in [5, 5.41) is 0.757. The largest absolute Gasteiger partial charge is 0.466 e. The molecule has 1 heterocycles. The molecule has 9 heteroatoms. The molecular weight excluding hydrogens is 448 g/mol. The topological polar surface area (TPSA) is 87.1 Å². The highest BCUT2D eigenvalue weighted by molar-refractivity contribution is 6.36. The van der Waals surface area contributed by atoms with E-state index in [0.29, 0.717) is 28.2 Å². The van der Waals surface area contributed by atoms with Gasteiger partial charge in [-0.3, -0.25) is 14.4 Å². The van der Waals surface area contributed by atoms with Gasteiger partial charge in [-0.15, -0.1) is 0 Å². The van der Waals surface area contributed by atoms with Gasteiger partial charge in [0, 0.05) is 26.2 Å². The van der Waals surface area contributed by atoms with E-state index in [1.165, 1.54) is 16.4 Å². The Kier molecular flexibility index (Phi) is 8.08. The molecule has 8 nitrogen and oxygen atoms in total. The number of fused-ring (bicyclic) bond motifs is 1. The van der Waals surface area contributed by atoms with Gasteiger partial charge in [0.05, 0.1) is 22.5 Å². The highest BCUT2D eigenvalue weighted by atomic mass is 35.5. The number of carbonyl (C=O) groups excluding carboxylic acids is 2. The number of esters is 1. The van der Waals surface area contributed by atoms with E-state index in [4.69, 9.17) is 25.8 Å². The molecule has 0 atom stereocenters. The summed E-state index contributed by atoms with van der Waals surface area (Å²) in [6, 6.07) is 14.2. The summed E-state index contributed by atoms with van der Waals surface area (Å²) >= 11 is 6.47. The third-order valence-corrected chi connectivity index (χ3v) is 5.30. The van der Waals surface area contributed by atoms with Crippen LogP contribution in [0.15, 0.2) is 53.3 Å². The van der Waals surface area contributed by atoms with Gasteiger partial charge < -0.3 is 23.7 Å². The van der Waals surface area contributed by atoms with Crippen molar-refractivity contribution in [3.05, 3.63) is 69.5 Å². The fourth-order valence-electron chi connectivity index (χ4n) is 3.44. The van der Waals surface area contributed by atoms with Gasteiger partial charge in [-0.05, 0) is 31.2 Å². The van der Waals surface area contributed by atoms with Crippen molar-refractivity contribution in [3.63, 3.8) is 0 Å². The minimum Gasteiger partial charge on any atom is -0.466 e. The first-order chi connectivity index (χ1) is 15.9. The van der Waals surface area contributed by atoms with Crippen LogP contribution in [0, 0.1) is 0 Å². The maximum atomic E-state index is 13.6. The van der Waals surface area contributed by atoms with Gasteiger partial charge in [0.2, 0.25) is 0 Å². The first kappa shape index (κ1) is 24.3. The first-order valence-corrected chi connectivity index (χ1v) is 10.8. The predicted octanol–water partition coefficient (Wildman–Crippen LogP) is 3.77. The summed E-state index contributed by atoms with van der Waals surface area (Å²) in [5.41, 5.74) is 0.503. The van der Waals surface area contributed by atoms with E-state index < -0.39 is 17.4 Å². The summed E-state index contributed by atoms with van der Waals surface area (Å²) in [5.74, 6) is -0.885. The Hall–Kier alpha value is -3.36. The van der Waals surface area contributed by atoms with E-state index in [-0.39, 0.29) is 31.3 Å². The summed E-state index contributed by atoms with van der Waals surface area (Å²) in [4.78, 5) is 39.3. The monoisotopic (exact) mass is 472 g/mol. The second-order valence-electron chi connectivity index (χ2n) is 7.10. The fourth-order valence-corrected chi connectivity index (χ4v) is 3.69. The summed E-state index contributed by atoms with van der Waals surface area (Å²) < 4.78 is 17.4. The smallest absolute Gasteiger partial charge is 0.302 e. The van der Waals surface area contributed by atoms with Gasteiger partial charge in [0.25, 0.3) is 11.5 Å². The van der Waals surface area contributed by atoms with Crippen LogP contribution in [-0.2, 0) is 21.3 Å². The zero-order chi connectivity index (χ0) is 24.0. The van der Waals surface area contributed by atoms with Crippen molar-refractivity contribution >= 4 is 40.1 Å². The summed E-state index contributed by atoms with van der Waals surface area (Å²) in [7, 11) is 1.58. The molecule has 0 aliphatic rings. The molecule has 0 saturated carbocycles. The van der Waals surface area contributed by atoms with E-state index in [9.17, 15) is 14.4 Å². The third kappa shape index (κ3) is 5.35. The number of carbonyl (C=O) groups is 2. The van der Waals surface area contributed by atoms with Gasteiger partial charge in [-0.25, -0.2) is 0 Å². The molecule has 3 rings (SSSR count). The normalized spacial score (nSPS) is 10.8. The number of amides is 1. The van der Waals surface area contributed by atoms with Gasteiger partial charge in [-0.2, -0.15) is 0 Å². The molecule has 0 fully saturated rings. The standard InChI is InChI=1S/C24H25ClN2O6/c1-4-27(17-9-6-5-7-10-17)24(30)21-22(33-15-31-13-14-32-16(2)28)20-18(25)11-8-12-19(20)26(3)23(21)29/h5-12H,4,13-15H2,1-3H3. The molecule has 3 aromatic rings. The lowest BCUT2D eigenvalue weighted by molar-refractivity contribution is -0.143. The van der Waals surface area contributed by atoms with Crippen molar-refractivity contribution < 1.29 is 23.8 Å². The van der Waals surface area contributed by atoms with Crippen LogP contribution in [0.2, 0.25) is 5.02 Å². The quantitative estimate of drug-likeness (QED) is 0.267. The average molecular weight is 473 g/mol. The van der Waals surface area contributed by atoms with Crippen molar-refractivity contribution in [3.8, 4) is 5.75 Å². The Morgan fingerprint density at radius 2 is 1.79 bits per heavy atom. The minimum atomic E-state index is -0.515. The van der Waals surface area contributed by atoms with E-state index in [2.05, 4.69) is 0 Å². The molecule has 0 radical (unpaired) electrons. The van der Waals surface area contributed by atoms with Gasteiger partial charge in [0.15, 0.2) is 12.5 Å². The number of aryl methyl sites for hydroxylation is 1. The molecule has 0 aliphatic heterocycles. The zero-order valence-electron chi connectivity index (χ0n) is 18.7. The van der Waals surface area contributed by atoms with Crippen LogP contribution in [0.4, 0.5) is 5.69 Å². The fraction of sp³-hybridized carbons (Fsp3) is 0.292. The van der Waals surface area contributed by atoms with E-state index in [1.807, 2.05) is 25.1 Å². The molecule has 0 bridgehead atoms. The summed E-state index contributed by atoms with van der Waals surface area (Å²) in [6.07, 6.45) is 0. The van der Waals surface area contributed by atoms with Gasteiger partial charge in [0.1, 0.15) is 12.2 Å². The molecule has 174 valence electrons. The number of hydrogen-bond acceptors (Lipinski definition) is 6. The van der Waals surface area contributed by atoms with Crippen molar-refractivity contribution in [2.45, 2.75) is 13.8 Å². The molecule has 33 heavy (non-hydrogen) atoms. The van der Waals surface area contributed by atoms with Crippen molar-refractivity contribution in [2.24, 2.45) is 7.05 Å². The molecule has 0 unspecified atom stereocenters. The van der Waals surface area contributed by atoms with Crippen molar-refractivity contribution in [1.29, 1.82) is 0 Å². The second kappa shape index (κ2) is 11.0. The summed E-state index contributed by atoms with van der Waals surface area (Å²) in [6.45, 7) is 3.33. The van der Waals surface area contributed by atoms with Crippen molar-refractivity contribution in [1.82, 2.24) is 4.57 Å². The third-order valence-electron chi connectivity index (χ3n) is 4.99. The number of nitrogens with zero attached hydrogens (tertiary/aromatic N) is 2. The maximum absolute atomic E-state index is 13.6. The average Bonchev–Trinajstić information content (AvgIpc) is 2.80. The second-order valence-corrected chi connectivity index (χ2v) is 7.50. The highest BCUT2D eigenvalue weighted by Gasteiger charge is 2.28. The lowest BCUT2D eigenvalue weighted by atomic mass is 10.1. The van der Waals surface area contributed by atoms with E-state index in [1.54, 1.807) is 37.4 Å². The Labute approximate surface area is 196 Å².